The number of carbonyl (C=O) groups excluding carboxylic acids is 1. The summed E-state index contributed by atoms with van der Waals surface area (Å²) in [6, 6.07) is 7.75. The molecule has 1 amide bonds. The molecule has 1 fully saturated rings. The van der Waals surface area contributed by atoms with Gasteiger partial charge in [0.05, 0.1) is 11.1 Å². The molecule has 1 aromatic heterocycles. The Kier molecular flexibility index (Phi) is 4.97. The topological polar surface area (TPSA) is 55.2 Å². The summed E-state index contributed by atoms with van der Waals surface area (Å²) in [5, 5.41) is 5.84. The molecule has 5 nitrogen and oxygen atoms in total. The fourth-order valence-corrected chi connectivity index (χ4v) is 3.76. The summed E-state index contributed by atoms with van der Waals surface area (Å²) in [6.45, 7) is 4.59. The summed E-state index contributed by atoms with van der Waals surface area (Å²) in [5.41, 5.74) is 0.586. The minimum atomic E-state index is -0.191. The van der Waals surface area contributed by atoms with Crippen molar-refractivity contribution >= 4 is 16.7 Å². The van der Waals surface area contributed by atoms with E-state index in [9.17, 15) is 9.59 Å². The molecule has 0 bridgehead atoms. The second-order valence-corrected chi connectivity index (χ2v) is 6.57. The van der Waals surface area contributed by atoms with Crippen LogP contribution in [0.2, 0.25) is 0 Å². The SMILES string of the molecule is CCN(C(=O)Cn1nc(C)c2ccccc2c1=O)C1CCCCC1. The van der Waals surface area contributed by atoms with Crippen LogP contribution in [0.25, 0.3) is 10.8 Å². The van der Waals surface area contributed by atoms with E-state index >= 15 is 0 Å². The smallest absolute Gasteiger partial charge is 0.275 e. The van der Waals surface area contributed by atoms with E-state index in [1.165, 1.54) is 23.9 Å². The molecular formula is C19H25N3O2. The zero-order valence-corrected chi connectivity index (χ0v) is 14.5. The summed E-state index contributed by atoms with van der Waals surface area (Å²) >= 11 is 0. The molecule has 0 N–H and O–H groups in total. The van der Waals surface area contributed by atoms with Crippen LogP contribution in [0.4, 0.5) is 0 Å². The van der Waals surface area contributed by atoms with Gasteiger partial charge in [0.1, 0.15) is 6.54 Å². The first kappa shape index (κ1) is 16.7. The normalized spacial score (nSPS) is 15.6. The quantitative estimate of drug-likeness (QED) is 0.867. The second-order valence-electron chi connectivity index (χ2n) is 6.57. The lowest BCUT2D eigenvalue weighted by Gasteiger charge is -2.33. The number of carbonyl (C=O) groups is 1. The molecular weight excluding hydrogens is 302 g/mol. The van der Waals surface area contributed by atoms with Gasteiger partial charge in [-0.15, -0.1) is 0 Å². The number of benzene rings is 1. The largest absolute Gasteiger partial charge is 0.338 e. The van der Waals surface area contributed by atoms with Crippen LogP contribution >= 0.6 is 0 Å². The van der Waals surface area contributed by atoms with Crippen LogP contribution in [-0.4, -0.2) is 33.2 Å². The van der Waals surface area contributed by atoms with Crippen molar-refractivity contribution in [1.29, 1.82) is 0 Å². The van der Waals surface area contributed by atoms with Gasteiger partial charge in [0.2, 0.25) is 5.91 Å². The number of likely N-dealkylation sites (N-methyl/N-ethyl adjacent to an activating group) is 1. The highest BCUT2D eigenvalue weighted by Crippen LogP contribution is 2.22. The van der Waals surface area contributed by atoms with E-state index in [0.717, 1.165) is 23.9 Å². The molecule has 2 aromatic rings. The highest BCUT2D eigenvalue weighted by molar-refractivity contribution is 5.83. The van der Waals surface area contributed by atoms with Crippen molar-refractivity contribution < 1.29 is 4.79 Å². The Bertz CT molecular complexity index is 791. The Morgan fingerprint density at radius 2 is 1.88 bits per heavy atom. The molecule has 0 aliphatic heterocycles. The molecule has 1 aromatic carbocycles. The van der Waals surface area contributed by atoms with Gasteiger partial charge in [-0.3, -0.25) is 9.59 Å². The monoisotopic (exact) mass is 327 g/mol. The maximum Gasteiger partial charge on any atom is 0.275 e. The molecule has 3 rings (SSSR count). The fraction of sp³-hybridized carbons (Fsp3) is 0.526. The molecule has 0 saturated heterocycles. The van der Waals surface area contributed by atoms with E-state index in [4.69, 9.17) is 0 Å². The zero-order chi connectivity index (χ0) is 17.1. The van der Waals surface area contributed by atoms with Crippen molar-refractivity contribution in [2.24, 2.45) is 0 Å². The average molecular weight is 327 g/mol. The van der Waals surface area contributed by atoms with Crippen LogP contribution in [-0.2, 0) is 11.3 Å². The van der Waals surface area contributed by atoms with Gasteiger partial charge < -0.3 is 4.90 Å². The van der Waals surface area contributed by atoms with Gasteiger partial charge in [0.15, 0.2) is 0 Å². The van der Waals surface area contributed by atoms with Crippen LogP contribution in [0, 0.1) is 6.92 Å². The zero-order valence-electron chi connectivity index (χ0n) is 14.5. The Labute approximate surface area is 142 Å². The van der Waals surface area contributed by atoms with Crippen LogP contribution < -0.4 is 5.56 Å². The van der Waals surface area contributed by atoms with E-state index < -0.39 is 0 Å². The standard InChI is InChI=1S/C19H25N3O2/c1-3-21(15-9-5-4-6-10-15)18(23)13-22-19(24)17-12-8-7-11-16(17)14(2)20-22/h7-8,11-12,15H,3-6,9-10,13H2,1-2H3. The third-order valence-electron chi connectivity index (χ3n) is 5.01. The van der Waals surface area contributed by atoms with Gasteiger partial charge in [0.25, 0.3) is 5.56 Å². The Hall–Kier alpha value is -2.17. The molecule has 0 spiro atoms. The molecule has 24 heavy (non-hydrogen) atoms. The molecule has 5 heteroatoms. The Balaban J connectivity index is 1.87. The van der Waals surface area contributed by atoms with Gasteiger partial charge in [-0.25, -0.2) is 4.68 Å². The molecule has 1 aliphatic rings. The predicted octanol–water partition coefficient (Wildman–Crippen LogP) is 2.89. The van der Waals surface area contributed by atoms with Crippen molar-refractivity contribution in [2.45, 2.75) is 58.5 Å². The van der Waals surface area contributed by atoms with E-state index in [0.29, 0.717) is 18.0 Å². The second kappa shape index (κ2) is 7.16. The highest BCUT2D eigenvalue weighted by atomic mass is 16.2. The number of amides is 1. The van der Waals surface area contributed by atoms with Crippen LogP contribution in [0.5, 0.6) is 0 Å². The molecule has 0 radical (unpaired) electrons. The minimum absolute atomic E-state index is 0.00585. The lowest BCUT2D eigenvalue weighted by Crippen LogP contribution is -2.44. The van der Waals surface area contributed by atoms with E-state index in [1.54, 1.807) is 6.07 Å². The molecule has 1 heterocycles. The highest BCUT2D eigenvalue weighted by Gasteiger charge is 2.24. The number of nitrogens with zero attached hydrogens (tertiary/aromatic N) is 3. The van der Waals surface area contributed by atoms with E-state index in [1.807, 2.05) is 36.9 Å². The third-order valence-corrected chi connectivity index (χ3v) is 5.01. The van der Waals surface area contributed by atoms with Crippen molar-refractivity contribution in [2.75, 3.05) is 6.54 Å². The maximum absolute atomic E-state index is 12.8. The van der Waals surface area contributed by atoms with E-state index in [-0.39, 0.29) is 18.0 Å². The van der Waals surface area contributed by atoms with Gasteiger partial charge in [-0.1, -0.05) is 37.5 Å². The lowest BCUT2D eigenvalue weighted by atomic mass is 9.94. The van der Waals surface area contributed by atoms with Crippen LogP contribution in [0.3, 0.4) is 0 Å². The van der Waals surface area contributed by atoms with Crippen molar-refractivity contribution in [3.8, 4) is 0 Å². The molecule has 1 saturated carbocycles. The maximum atomic E-state index is 12.8. The Morgan fingerprint density at radius 3 is 2.54 bits per heavy atom. The molecule has 0 atom stereocenters. The minimum Gasteiger partial charge on any atom is -0.338 e. The number of fused-ring (bicyclic) bond motifs is 1. The summed E-state index contributed by atoms with van der Waals surface area (Å²) < 4.78 is 1.32. The average Bonchev–Trinajstić information content (AvgIpc) is 2.61. The van der Waals surface area contributed by atoms with Gasteiger partial charge >= 0.3 is 0 Å². The number of hydrogen-bond acceptors (Lipinski definition) is 3. The summed E-state index contributed by atoms with van der Waals surface area (Å²) in [7, 11) is 0. The summed E-state index contributed by atoms with van der Waals surface area (Å²) in [4.78, 5) is 27.3. The summed E-state index contributed by atoms with van der Waals surface area (Å²) in [6.07, 6.45) is 5.76. The number of aryl methyl sites for hydroxylation is 1. The van der Waals surface area contributed by atoms with Crippen LogP contribution in [0.15, 0.2) is 29.1 Å². The first-order chi connectivity index (χ1) is 11.6. The van der Waals surface area contributed by atoms with Crippen LogP contribution in [0.1, 0.15) is 44.7 Å². The predicted molar refractivity (Wildman–Crippen MR) is 95.0 cm³/mol. The first-order valence-electron chi connectivity index (χ1n) is 8.87. The third kappa shape index (κ3) is 3.21. The van der Waals surface area contributed by atoms with Crippen molar-refractivity contribution in [1.82, 2.24) is 14.7 Å². The number of hydrogen-bond donors (Lipinski definition) is 0. The van der Waals surface area contributed by atoms with Gasteiger partial charge in [0, 0.05) is 18.0 Å². The summed E-state index contributed by atoms with van der Waals surface area (Å²) in [5.74, 6) is -0.00585. The first-order valence-corrected chi connectivity index (χ1v) is 8.87. The lowest BCUT2D eigenvalue weighted by molar-refractivity contribution is -0.134. The van der Waals surface area contributed by atoms with Gasteiger partial charge in [-0.2, -0.15) is 5.10 Å². The number of rotatable bonds is 4. The number of aromatic nitrogens is 2. The van der Waals surface area contributed by atoms with Gasteiger partial charge in [-0.05, 0) is 32.8 Å². The molecule has 128 valence electrons. The molecule has 1 aliphatic carbocycles. The molecule has 0 unspecified atom stereocenters. The fourth-order valence-electron chi connectivity index (χ4n) is 3.76. The Morgan fingerprint density at radius 1 is 1.21 bits per heavy atom. The van der Waals surface area contributed by atoms with Crippen molar-refractivity contribution in [3.05, 3.63) is 40.3 Å². The van der Waals surface area contributed by atoms with E-state index in [2.05, 4.69) is 5.10 Å². The van der Waals surface area contributed by atoms with Crippen molar-refractivity contribution in [3.63, 3.8) is 0 Å².